The molecule has 0 saturated heterocycles. The monoisotopic (exact) mass is 412 g/mol. The first-order valence-electron chi connectivity index (χ1n) is 6.84. The van der Waals surface area contributed by atoms with Crippen LogP contribution in [0.2, 0.25) is 0 Å². The number of ether oxygens (including phenoxy) is 2. The molecule has 20 heavy (non-hydrogen) atoms. The maximum absolute atomic E-state index is 11.3. The van der Waals surface area contributed by atoms with E-state index in [0.717, 1.165) is 61.3 Å². The fourth-order valence-corrected chi connectivity index (χ4v) is 2.12. The van der Waals surface area contributed by atoms with Crippen LogP contribution >= 0.6 is 31.9 Å². The predicted molar refractivity (Wildman–Crippen MR) is 86.3 cm³/mol. The van der Waals surface area contributed by atoms with Crippen LogP contribution in [0.25, 0.3) is 0 Å². The average Bonchev–Trinajstić information content (AvgIpc) is 2.44. The molecule has 6 heteroatoms. The topological polar surface area (TPSA) is 52.6 Å². The molecule has 0 aromatic heterocycles. The molecule has 0 heterocycles. The lowest BCUT2D eigenvalue weighted by Crippen LogP contribution is -2.06. The van der Waals surface area contributed by atoms with Crippen LogP contribution in [-0.2, 0) is 19.1 Å². The Morgan fingerprint density at radius 3 is 1.45 bits per heavy atom. The maximum atomic E-state index is 11.3. The smallest absolute Gasteiger partial charge is 0.331 e. The minimum Gasteiger partial charge on any atom is -0.463 e. The summed E-state index contributed by atoms with van der Waals surface area (Å²) in [6, 6.07) is 0. The van der Waals surface area contributed by atoms with Crippen LogP contribution < -0.4 is 0 Å². The number of unbranched alkanes of at least 4 members (excludes halogenated alkanes) is 4. The molecule has 0 unspecified atom stereocenters. The van der Waals surface area contributed by atoms with Gasteiger partial charge in [-0.1, -0.05) is 31.9 Å². The summed E-state index contributed by atoms with van der Waals surface area (Å²) in [5.74, 6) is -1.000. The molecule has 0 saturated carbocycles. The largest absolute Gasteiger partial charge is 0.463 e. The van der Waals surface area contributed by atoms with Gasteiger partial charge in [0, 0.05) is 22.8 Å². The number of hydrogen-bond donors (Lipinski definition) is 0. The Labute approximate surface area is 137 Å². The average molecular weight is 414 g/mol. The fourth-order valence-electron chi connectivity index (χ4n) is 1.32. The first-order chi connectivity index (χ1) is 9.70. The highest BCUT2D eigenvalue weighted by Crippen LogP contribution is 2.00. The van der Waals surface area contributed by atoms with Gasteiger partial charge in [-0.25, -0.2) is 9.59 Å². The summed E-state index contributed by atoms with van der Waals surface area (Å²) in [5.41, 5.74) is 0. The van der Waals surface area contributed by atoms with Crippen molar-refractivity contribution >= 4 is 43.8 Å². The van der Waals surface area contributed by atoms with Crippen molar-refractivity contribution < 1.29 is 19.1 Å². The van der Waals surface area contributed by atoms with Crippen LogP contribution in [0.4, 0.5) is 0 Å². The Morgan fingerprint density at radius 1 is 0.700 bits per heavy atom. The first kappa shape index (κ1) is 19.6. The summed E-state index contributed by atoms with van der Waals surface area (Å²) in [7, 11) is 0. The van der Waals surface area contributed by atoms with Gasteiger partial charge >= 0.3 is 11.9 Å². The number of alkyl halides is 2. The quantitative estimate of drug-likeness (QED) is 0.211. The van der Waals surface area contributed by atoms with E-state index in [1.165, 1.54) is 0 Å². The van der Waals surface area contributed by atoms with E-state index >= 15 is 0 Å². The molecular formula is C14H22Br2O4. The van der Waals surface area contributed by atoms with Gasteiger partial charge in [-0.15, -0.1) is 0 Å². The number of esters is 2. The lowest BCUT2D eigenvalue weighted by molar-refractivity contribution is -0.140. The molecule has 0 atom stereocenters. The van der Waals surface area contributed by atoms with Gasteiger partial charge < -0.3 is 9.47 Å². The standard InChI is InChI=1S/C14H22Br2O4/c15-9-3-1-5-11-19-13(17)7-8-14(18)20-12-6-2-4-10-16/h7-8H,1-6,9-12H2/b8-7+. The molecule has 0 spiro atoms. The van der Waals surface area contributed by atoms with Gasteiger partial charge in [0.2, 0.25) is 0 Å². The molecule has 0 radical (unpaired) electrons. The zero-order chi connectivity index (χ0) is 15.1. The SMILES string of the molecule is O=C(/C=C/C(=O)OCCCCCBr)OCCCCCBr. The normalized spacial score (nSPS) is 10.7. The first-order valence-corrected chi connectivity index (χ1v) is 9.08. The van der Waals surface area contributed by atoms with E-state index in [0.29, 0.717) is 13.2 Å². The van der Waals surface area contributed by atoms with E-state index in [-0.39, 0.29) is 0 Å². The van der Waals surface area contributed by atoms with Gasteiger partial charge in [0.1, 0.15) is 0 Å². The Balaban J connectivity index is 3.54. The van der Waals surface area contributed by atoms with Gasteiger partial charge in [-0.3, -0.25) is 0 Å². The van der Waals surface area contributed by atoms with Gasteiger partial charge in [0.15, 0.2) is 0 Å². The van der Waals surface area contributed by atoms with Crippen molar-refractivity contribution in [2.75, 3.05) is 23.9 Å². The van der Waals surface area contributed by atoms with E-state index in [1.54, 1.807) is 0 Å². The second kappa shape index (κ2) is 15.0. The Kier molecular flexibility index (Phi) is 14.8. The molecule has 0 aromatic carbocycles. The van der Waals surface area contributed by atoms with Gasteiger partial charge in [0.05, 0.1) is 13.2 Å². The molecule has 0 aromatic rings. The van der Waals surface area contributed by atoms with Crippen molar-refractivity contribution in [1.82, 2.24) is 0 Å². The summed E-state index contributed by atoms with van der Waals surface area (Å²) in [6.07, 6.45) is 8.06. The van der Waals surface area contributed by atoms with Crippen LogP contribution in [0.3, 0.4) is 0 Å². The van der Waals surface area contributed by atoms with Gasteiger partial charge in [0.25, 0.3) is 0 Å². The van der Waals surface area contributed by atoms with Crippen molar-refractivity contribution in [2.24, 2.45) is 0 Å². The lowest BCUT2D eigenvalue weighted by Gasteiger charge is -2.02. The van der Waals surface area contributed by atoms with Crippen LogP contribution in [0.5, 0.6) is 0 Å². The third-order valence-corrected chi connectivity index (χ3v) is 3.52. The zero-order valence-electron chi connectivity index (χ0n) is 11.6. The maximum Gasteiger partial charge on any atom is 0.331 e. The number of hydrogen-bond acceptors (Lipinski definition) is 4. The minimum atomic E-state index is -0.500. The third-order valence-electron chi connectivity index (χ3n) is 2.40. The Morgan fingerprint density at radius 2 is 1.10 bits per heavy atom. The molecule has 0 aliphatic heterocycles. The van der Waals surface area contributed by atoms with Crippen LogP contribution in [0.15, 0.2) is 12.2 Å². The van der Waals surface area contributed by atoms with E-state index < -0.39 is 11.9 Å². The van der Waals surface area contributed by atoms with Crippen molar-refractivity contribution in [3.8, 4) is 0 Å². The van der Waals surface area contributed by atoms with Crippen LogP contribution in [-0.4, -0.2) is 35.8 Å². The number of carbonyl (C=O) groups is 2. The van der Waals surface area contributed by atoms with Gasteiger partial charge in [-0.2, -0.15) is 0 Å². The summed E-state index contributed by atoms with van der Waals surface area (Å²) < 4.78 is 9.89. The highest BCUT2D eigenvalue weighted by molar-refractivity contribution is 9.09. The molecule has 0 N–H and O–H groups in total. The van der Waals surface area contributed by atoms with Crippen molar-refractivity contribution in [3.63, 3.8) is 0 Å². The van der Waals surface area contributed by atoms with Crippen molar-refractivity contribution in [3.05, 3.63) is 12.2 Å². The molecule has 0 aliphatic rings. The van der Waals surface area contributed by atoms with Crippen molar-refractivity contribution in [2.45, 2.75) is 38.5 Å². The minimum absolute atomic E-state index is 0.387. The van der Waals surface area contributed by atoms with Crippen LogP contribution in [0, 0.1) is 0 Å². The fraction of sp³-hybridized carbons (Fsp3) is 0.714. The zero-order valence-corrected chi connectivity index (χ0v) is 14.8. The Bertz CT molecular complexity index is 265. The van der Waals surface area contributed by atoms with E-state index in [1.807, 2.05) is 0 Å². The molecule has 0 rings (SSSR count). The summed E-state index contributed by atoms with van der Waals surface area (Å²) >= 11 is 6.67. The summed E-state index contributed by atoms with van der Waals surface area (Å²) in [5, 5.41) is 1.92. The van der Waals surface area contributed by atoms with Crippen molar-refractivity contribution in [1.29, 1.82) is 0 Å². The molecule has 116 valence electrons. The molecule has 4 nitrogen and oxygen atoms in total. The second-order valence-corrected chi connectivity index (χ2v) is 5.75. The number of carbonyl (C=O) groups excluding carboxylic acids is 2. The molecule has 0 fully saturated rings. The number of halogens is 2. The van der Waals surface area contributed by atoms with Crippen LogP contribution in [0.1, 0.15) is 38.5 Å². The van der Waals surface area contributed by atoms with E-state index in [2.05, 4.69) is 31.9 Å². The van der Waals surface area contributed by atoms with E-state index in [9.17, 15) is 9.59 Å². The summed E-state index contributed by atoms with van der Waals surface area (Å²) in [6.45, 7) is 0.773. The molecule has 0 bridgehead atoms. The van der Waals surface area contributed by atoms with Gasteiger partial charge in [-0.05, 0) is 38.5 Å². The second-order valence-electron chi connectivity index (χ2n) is 4.17. The molecule has 0 amide bonds. The highest BCUT2D eigenvalue weighted by Gasteiger charge is 2.01. The lowest BCUT2D eigenvalue weighted by atomic mass is 10.3. The molecular weight excluding hydrogens is 392 g/mol. The molecule has 0 aliphatic carbocycles. The third kappa shape index (κ3) is 14.1. The predicted octanol–water partition coefficient (Wildman–Crippen LogP) is 3.76. The summed E-state index contributed by atoms with van der Waals surface area (Å²) in [4.78, 5) is 22.5. The highest BCUT2D eigenvalue weighted by atomic mass is 79.9. The Hall–Kier alpha value is -0.360. The van der Waals surface area contributed by atoms with E-state index in [4.69, 9.17) is 9.47 Å². The number of rotatable bonds is 12.